The Balaban J connectivity index is 2.12. The molecule has 1 nitrogen and oxygen atoms in total. The molecule has 0 spiro atoms. The fourth-order valence-corrected chi connectivity index (χ4v) is 2.83. The molecule has 0 aliphatic carbocycles. The highest BCUT2D eigenvalue weighted by Gasteiger charge is 2.37. The van der Waals surface area contributed by atoms with Crippen LogP contribution in [-0.4, -0.2) is 13.1 Å². The molecule has 1 aromatic rings. The van der Waals surface area contributed by atoms with Gasteiger partial charge in [-0.25, -0.2) is 8.78 Å². The second kappa shape index (κ2) is 4.73. The van der Waals surface area contributed by atoms with E-state index < -0.39 is 11.6 Å². The molecule has 0 aromatic heterocycles. The topological polar surface area (TPSA) is 12.0 Å². The van der Waals surface area contributed by atoms with Crippen LogP contribution in [0.25, 0.3) is 0 Å². The molecule has 1 aliphatic heterocycles. The maximum atomic E-state index is 13.1. The van der Waals surface area contributed by atoms with Gasteiger partial charge >= 0.3 is 0 Å². The van der Waals surface area contributed by atoms with Crippen LogP contribution in [0.3, 0.4) is 0 Å². The Morgan fingerprint density at radius 2 is 1.76 bits per heavy atom. The summed E-state index contributed by atoms with van der Waals surface area (Å²) in [5.74, 6) is -0.352. The van der Waals surface area contributed by atoms with Crippen LogP contribution in [0.5, 0.6) is 0 Å². The van der Waals surface area contributed by atoms with Crippen LogP contribution >= 0.6 is 0 Å². The Labute approximate surface area is 101 Å². The Kier molecular flexibility index (Phi) is 3.48. The Bertz CT molecular complexity index is 377. The standard InChI is InChI=1S/C14H19F2N/c1-10(2)6-14(8-17-9-14)7-11-3-12(15)5-13(16)4-11/h3-5,10,17H,6-9H2,1-2H3. The summed E-state index contributed by atoms with van der Waals surface area (Å²) in [5.41, 5.74) is 0.957. The maximum Gasteiger partial charge on any atom is 0.126 e. The van der Waals surface area contributed by atoms with Gasteiger partial charge in [0.25, 0.3) is 0 Å². The van der Waals surface area contributed by atoms with Crippen LogP contribution in [0.15, 0.2) is 18.2 Å². The van der Waals surface area contributed by atoms with Gasteiger partial charge in [-0.2, -0.15) is 0 Å². The second-order valence-corrected chi connectivity index (χ2v) is 5.66. The van der Waals surface area contributed by atoms with Gasteiger partial charge in [0.2, 0.25) is 0 Å². The van der Waals surface area contributed by atoms with Gasteiger partial charge in [-0.1, -0.05) is 13.8 Å². The van der Waals surface area contributed by atoms with Crippen LogP contribution in [0.1, 0.15) is 25.8 Å². The predicted molar refractivity (Wildman–Crippen MR) is 64.8 cm³/mol. The molecule has 1 aromatic carbocycles. The number of nitrogens with one attached hydrogen (secondary N) is 1. The summed E-state index contributed by atoms with van der Waals surface area (Å²) >= 11 is 0. The van der Waals surface area contributed by atoms with E-state index in [1.165, 1.54) is 12.1 Å². The lowest BCUT2D eigenvalue weighted by atomic mass is 9.71. The van der Waals surface area contributed by atoms with Crippen LogP contribution in [0.2, 0.25) is 0 Å². The van der Waals surface area contributed by atoms with Gasteiger partial charge in [0.05, 0.1) is 0 Å². The molecule has 0 radical (unpaired) electrons. The van der Waals surface area contributed by atoms with Crippen LogP contribution < -0.4 is 5.32 Å². The van der Waals surface area contributed by atoms with Crippen molar-refractivity contribution in [2.75, 3.05) is 13.1 Å². The van der Waals surface area contributed by atoms with Crippen molar-refractivity contribution in [2.24, 2.45) is 11.3 Å². The number of hydrogen-bond acceptors (Lipinski definition) is 1. The van der Waals surface area contributed by atoms with Crippen molar-refractivity contribution in [1.82, 2.24) is 5.32 Å². The molecule has 94 valence electrons. The van der Waals surface area contributed by atoms with Crippen molar-refractivity contribution in [3.8, 4) is 0 Å². The van der Waals surface area contributed by atoms with E-state index in [4.69, 9.17) is 0 Å². The first-order valence-corrected chi connectivity index (χ1v) is 6.15. The minimum atomic E-state index is -0.480. The van der Waals surface area contributed by atoms with Crippen LogP contribution in [-0.2, 0) is 6.42 Å². The number of benzene rings is 1. The largest absolute Gasteiger partial charge is 0.316 e. The molecule has 0 saturated carbocycles. The minimum absolute atomic E-state index is 0.189. The summed E-state index contributed by atoms with van der Waals surface area (Å²) in [7, 11) is 0. The van der Waals surface area contributed by atoms with Crippen molar-refractivity contribution in [3.05, 3.63) is 35.4 Å². The fourth-order valence-electron chi connectivity index (χ4n) is 2.83. The molecule has 0 bridgehead atoms. The molecule has 0 unspecified atom stereocenters. The minimum Gasteiger partial charge on any atom is -0.316 e. The van der Waals surface area contributed by atoms with E-state index in [0.717, 1.165) is 37.6 Å². The second-order valence-electron chi connectivity index (χ2n) is 5.66. The third-order valence-electron chi connectivity index (χ3n) is 3.34. The fraction of sp³-hybridized carbons (Fsp3) is 0.571. The molecule has 17 heavy (non-hydrogen) atoms. The third kappa shape index (κ3) is 3.03. The Morgan fingerprint density at radius 1 is 1.18 bits per heavy atom. The predicted octanol–water partition coefficient (Wildman–Crippen LogP) is 3.14. The highest BCUT2D eigenvalue weighted by molar-refractivity contribution is 5.20. The molecule has 1 aliphatic rings. The molecule has 3 heteroatoms. The lowest BCUT2D eigenvalue weighted by Crippen LogP contribution is -2.55. The Morgan fingerprint density at radius 3 is 2.18 bits per heavy atom. The average molecular weight is 239 g/mol. The monoisotopic (exact) mass is 239 g/mol. The molecule has 1 saturated heterocycles. The Hall–Kier alpha value is -0.960. The molecule has 2 rings (SSSR count). The van der Waals surface area contributed by atoms with Crippen molar-refractivity contribution in [3.63, 3.8) is 0 Å². The summed E-state index contributed by atoms with van der Waals surface area (Å²) in [6.07, 6.45) is 1.85. The highest BCUT2D eigenvalue weighted by atomic mass is 19.1. The summed E-state index contributed by atoms with van der Waals surface area (Å²) in [5, 5.41) is 3.27. The van der Waals surface area contributed by atoms with Crippen molar-refractivity contribution >= 4 is 0 Å². The van der Waals surface area contributed by atoms with E-state index in [1.54, 1.807) is 0 Å². The molecule has 0 atom stereocenters. The van der Waals surface area contributed by atoms with Crippen LogP contribution in [0, 0.1) is 23.0 Å². The zero-order chi connectivity index (χ0) is 12.5. The molecule has 1 N–H and O–H groups in total. The summed E-state index contributed by atoms with van der Waals surface area (Å²) in [4.78, 5) is 0. The van der Waals surface area contributed by atoms with Gasteiger partial charge in [0.15, 0.2) is 0 Å². The molecule has 1 fully saturated rings. The highest BCUT2D eigenvalue weighted by Crippen LogP contribution is 2.34. The van der Waals surface area contributed by atoms with E-state index >= 15 is 0 Å². The normalized spacial score (nSPS) is 18.2. The maximum absolute atomic E-state index is 13.1. The van der Waals surface area contributed by atoms with Crippen molar-refractivity contribution in [2.45, 2.75) is 26.7 Å². The van der Waals surface area contributed by atoms with Gasteiger partial charge in [-0.15, -0.1) is 0 Å². The molecule has 0 amide bonds. The smallest absolute Gasteiger partial charge is 0.126 e. The molecular formula is C14H19F2N. The quantitative estimate of drug-likeness (QED) is 0.851. The third-order valence-corrected chi connectivity index (χ3v) is 3.34. The summed E-state index contributed by atoms with van der Waals surface area (Å²) < 4.78 is 26.3. The van der Waals surface area contributed by atoms with Gasteiger partial charge in [0, 0.05) is 19.2 Å². The number of hydrogen-bond donors (Lipinski definition) is 1. The first-order chi connectivity index (χ1) is 7.99. The van der Waals surface area contributed by atoms with Crippen LogP contribution in [0.4, 0.5) is 8.78 Å². The average Bonchev–Trinajstić information content (AvgIpc) is 2.11. The SMILES string of the molecule is CC(C)CC1(Cc2cc(F)cc(F)c2)CNC1. The van der Waals surface area contributed by atoms with E-state index in [0.29, 0.717) is 5.92 Å². The lowest BCUT2D eigenvalue weighted by Gasteiger charge is -2.44. The zero-order valence-electron chi connectivity index (χ0n) is 10.4. The first kappa shape index (κ1) is 12.5. The van der Waals surface area contributed by atoms with Gasteiger partial charge in [-0.05, 0) is 41.9 Å². The van der Waals surface area contributed by atoms with E-state index in [1.807, 2.05) is 0 Å². The lowest BCUT2D eigenvalue weighted by molar-refractivity contribution is 0.131. The zero-order valence-corrected chi connectivity index (χ0v) is 10.4. The van der Waals surface area contributed by atoms with Gasteiger partial charge in [0.1, 0.15) is 11.6 Å². The number of halogens is 2. The van der Waals surface area contributed by atoms with Gasteiger partial charge in [-0.3, -0.25) is 0 Å². The van der Waals surface area contributed by atoms with E-state index in [-0.39, 0.29) is 5.41 Å². The van der Waals surface area contributed by atoms with E-state index in [2.05, 4.69) is 19.2 Å². The van der Waals surface area contributed by atoms with E-state index in [9.17, 15) is 8.78 Å². The van der Waals surface area contributed by atoms with Gasteiger partial charge < -0.3 is 5.32 Å². The van der Waals surface area contributed by atoms with Crippen molar-refractivity contribution in [1.29, 1.82) is 0 Å². The molecule has 1 heterocycles. The summed E-state index contributed by atoms with van der Waals surface area (Å²) in [6, 6.07) is 3.82. The summed E-state index contributed by atoms with van der Waals surface area (Å²) in [6.45, 7) is 6.27. The first-order valence-electron chi connectivity index (χ1n) is 6.15. The molecular weight excluding hydrogens is 220 g/mol. The van der Waals surface area contributed by atoms with Crippen molar-refractivity contribution < 1.29 is 8.78 Å². The number of rotatable bonds is 4.